The smallest absolute Gasteiger partial charge is 0.269 e. The molecule has 5 heteroatoms. The summed E-state index contributed by atoms with van der Waals surface area (Å²) in [4.78, 5) is 10.2. The summed E-state index contributed by atoms with van der Waals surface area (Å²) in [7, 11) is 0. The second-order valence-corrected chi connectivity index (χ2v) is 5.02. The van der Waals surface area contributed by atoms with Crippen molar-refractivity contribution in [2.75, 3.05) is 13.1 Å². The van der Waals surface area contributed by atoms with Crippen LogP contribution >= 0.6 is 0 Å². The van der Waals surface area contributed by atoms with E-state index in [1.807, 2.05) is 12.1 Å². The molecule has 0 saturated carbocycles. The second kappa shape index (κ2) is 6.63. The third-order valence-electron chi connectivity index (χ3n) is 3.43. The predicted molar refractivity (Wildman–Crippen MR) is 73.2 cm³/mol. The summed E-state index contributed by atoms with van der Waals surface area (Å²) in [6.07, 6.45) is 3.88. The number of non-ortho nitro benzene ring substituents is 1. The van der Waals surface area contributed by atoms with Crippen LogP contribution in [0.2, 0.25) is 0 Å². The standard InChI is InChI=1S/C14H20N2O3/c1-11-2-7-14(19-11)10-15-9-8-12-3-5-13(6-4-12)16(17)18/h3-6,11,14-15H,2,7-10H2,1H3. The fraction of sp³-hybridized carbons (Fsp3) is 0.571. The lowest BCUT2D eigenvalue weighted by atomic mass is 10.1. The molecule has 19 heavy (non-hydrogen) atoms. The molecule has 1 fully saturated rings. The number of nitro benzene ring substituents is 1. The van der Waals surface area contributed by atoms with E-state index in [-0.39, 0.29) is 10.6 Å². The van der Waals surface area contributed by atoms with Crippen molar-refractivity contribution >= 4 is 5.69 Å². The Morgan fingerprint density at radius 2 is 2.11 bits per heavy atom. The van der Waals surface area contributed by atoms with E-state index in [1.54, 1.807) is 12.1 Å². The van der Waals surface area contributed by atoms with Gasteiger partial charge in [0.05, 0.1) is 17.1 Å². The van der Waals surface area contributed by atoms with Crippen LogP contribution in [0.25, 0.3) is 0 Å². The molecule has 2 unspecified atom stereocenters. The number of nitrogens with one attached hydrogen (secondary N) is 1. The number of benzene rings is 1. The minimum atomic E-state index is -0.374. The lowest BCUT2D eigenvalue weighted by molar-refractivity contribution is -0.384. The first-order valence-corrected chi connectivity index (χ1v) is 6.74. The zero-order valence-corrected chi connectivity index (χ0v) is 11.2. The van der Waals surface area contributed by atoms with Gasteiger partial charge in [-0.1, -0.05) is 12.1 Å². The van der Waals surface area contributed by atoms with E-state index in [0.29, 0.717) is 12.2 Å². The SMILES string of the molecule is CC1CCC(CNCCc2ccc([N+](=O)[O-])cc2)O1. The molecule has 1 N–H and O–H groups in total. The highest BCUT2D eigenvalue weighted by Gasteiger charge is 2.20. The Morgan fingerprint density at radius 3 is 2.68 bits per heavy atom. The topological polar surface area (TPSA) is 64.4 Å². The first-order chi connectivity index (χ1) is 9.15. The maximum absolute atomic E-state index is 10.5. The van der Waals surface area contributed by atoms with Crippen molar-refractivity contribution < 1.29 is 9.66 Å². The highest BCUT2D eigenvalue weighted by Crippen LogP contribution is 2.18. The number of nitrogens with zero attached hydrogens (tertiary/aromatic N) is 1. The van der Waals surface area contributed by atoms with E-state index in [4.69, 9.17) is 4.74 Å². The second-order valence-electron chi connectivity index (χ2n) is 5.02. The van der Waals surface area contributed by atoms with Crippen LogP contribution in [0.4, 0.5) is 5.69 Å². The molecule has 2 rings (SSSR count). The summed E-state index contributed by atoms with van der Waals surface area (Å²) in [6, 6.07) is 6.73. The maximum atomic E-state index is 10.5. The number of nitro groups is 1. The molecule has 5 nitrogen and oxygen atoms in total. The largest absolute Gasteiger partial charge is 0.374 e. The highest BCUT2D eigenvalue weighted by molar-refractivity contribution is 5.32. The number of ether oxygens (including phenoxy) is 1. The molecule has 2 atom stereocenters. The van der Waals surface area contributed by atoms with E-state index >= 15 is 0 Å². The van der Waals surface area contributed by atoms with Gasteiger partial charge in [-0.15, -0.1) is 0 Å². The molecule has 0 bridgehead atoms. The van der Waals surface area contributed by atoms with Crippen molar-refractivity contribution in [3.05, 3.63) is 39.9 Å². The zero-order chi connectivity index (χ0) is 13.7. The third kappa shape index (κ3) is 4.29. The average Bonchev–Trinajstić information content (AvgIpc) is 2.81. The van der Waals surface area contributed by atoms with Gasteiger partial charge in [0, 0.05) is 18.7 Å². The Hall–Kier alpha value is -1.46. The highest BCUT2D eigenvalue weighted by atomic mass is 16.6. The molecule has 0 radical (unpaired) electrons. The summed E-state index contributed by atoms with van der Waals surface area (Å²) in [5, 5.41) is 13.9. The van der Waals surface area contributed by atoms with Crippen LogP contribution in [-0.2, 0) is 11.2 Å². The van der Waals surface area contributed by atoms with Crippen LogP contribution < -0.4 is 5.32 Å². The van der Waals surface area contributed by atoms with E-state index in [9.17, 15) is 10.1 Å². The normalized spacial score (nSPS) is 22.6. The van der Waals surface area contributed by atoms with Gasteiger partial charge in [-0.05, 0) is 38.3 Å². The number of hydrogen-bond acceptors (Lipinski definition) is 4. The van der Waals surface area contributed by atoms with Gasteiger partial charge in [-0.25, -0.2) is 0 Å². The zero-order valence-electron chi connectivity index (χ0n) is 11.2. The van der Waals surface area contributed by atoms with Crippen LogP contribution in [0.3, 0.4) is 0 Å². The lowest BCUT2D eigenvalue weighted by Gasteiger charge is -2.12. The minimum absolute atomic E-state index is 0.144. The number of hydrogen-bond donors (Lipinski definition) is 1. The van der Waals surface area contributed by atoms with E-state index < -0.39 is 0 Å². The summed E-state index contributed by atoms with van der Waals surface area (Å²) in [5.41, 5.74) is 1.25. The third-order valence-corrected chi connectivity index (χ3v) is 3.43. The first kappa shape index (κ1) is 14.0. The van der Waals surface area contributed by atoms with Crippen molar-refractivity contribution in [1.82, 2.24) is 5.32 Å². The van der Waals surface area contributed by atoms with E-state index in [0.717, 1.165) is 37.9 Å². The van der Waals surface area contributed by atoms with Crippen molar-refractivity contribution in [3.8, 4) is 0 Å². The molecule has 104 valence electrons. The molecule has 0 aromatic heterocycles. The Morgan fingerprint density at radius 1 is 1.37 bits per heavy atom. The molecular weight excluding hydrogens is 244 g/mol. The van der Waals surface area contributed by atoms with Crippen molar-refractivity contribution in [2.45, 2.75) is 38.4 Å². The van der Waals surface area contributed by atoms with Gasteiger partial charge in [-0.2, -0.15) is 0 Å². The van der Waals surface area contributed by atoms with Gasteiger partial charge < -0.3 is 10.1 Å². The Kier molecular flexibility index (Phi) is 4.87. The van der Waals surface area contributed by atoms with E-state index in [2.05, 4.69) is 12.2 Å². The van der Waals surface area contributed by atoms with Crippen LogP contribution in [-0.4, -0.2) is 30.2 Å². The Labute approximate surface area is 113 Å². The molecule has 1 aliphatic heterocycles. The van der Waals surface area contributed by atoms with Crippen LogP contribution in [0.15, 0.2) is 24.3 Å². The summed E-state index contributed by atoms with van der Waals surface area (Å²) in [5.74, 6) is 0. The molecule has 1 saturated heterocycles. The first-order valence-electron chi connectivity index (χ1n) is 6.74. The molecule has 0 amide bonds. The fourth-order valence-electron chi connectivity index (χ4n) is 2.32. The average molecular weight is 264 g/mol. The van der Waals surface area contributed by atoms with Gasteiger partial charge >= 0.3 is 0 Å². The number of rotatable bonds is 6. The predicted octanol–water partition coefficient (Wildman–Crippen LogP) is 2.29. The summed E-state index contributed by atoms with van der Waals surface area (Å²) in [6.45, 7) is 3.86. The maximum Gasteiger partial charge on any atom is 0.269 e. The van der Waals surface area contributed by atoms with Gasteiger partial charge in [0.2, 0.25) is 0 Å². The monoisotopic (exact) mass is 264 g/mol. The van der Waals surface area contributed by atoms with Crippen LogP contribution in [0.5, 0.6) is 0 Å². The van der Waals surface area contributed by atoms with Crippen molar-refractivity contribution in [1.29, 1.82) is 0 Å². The quantitative estimate of drug-likeness (QED) is 0.486. The summed E-state index contributed by atoms with van der Waals surface area (Å²) < 4.78 is 5.72. The molecule has 1 heterocycles. The molecular formula is C14H20N2O3. The van der Waals surface area contributed by atoms with Gasteiger partial charge in [0.1, 0.15) is 0 Å². The van der Waals surface area contributed by atoms with Crippen LogP contribution in [0, 0.1) is 10.1 Å². The molecule has 1 aliphatic rings. The molecule has 0 spiro atoms. The van der Waals surface area contributed by atoms with Gasteiger partial charge in [0.25, 0.3) is 5.69 Å². The minimum Gasteiger partial charge on any atom is -0.374 e. The molecule has 1 aromatic rings. The van der Waals surface area contributed by atoms with E-state index in [1.165, 1.54) is 0 Å². The Balaban J connectivity index is 1.66. The fourth-order valence-corrected chi connectivity index (χ4v) is 2.32. The molecule has 0 aliphatic carbocycles. The van der Waals surface area contributed by atoms with Gasteiger partial charge in [0.15, 0.2) is 0 Å². The Bertz CT molecular complexity index is 419. The van der Waals surface area contributed by atoms with Crippen molar-refractivity contribution in [2.24, 2.45) is 0 Å². The summed E-state index contributed by atoms with van der Waals surface area (Å²) >= 11 is 0. The van der Waals surface area contributed by atoms with Crippen LogP contribution in [0.1, 0.15) is 25.3 Å². The molecule has 1 aromatic carbocycles. The van der Waals surface area contributed by atoms with Gasteiger partial charge in [-0.3, -0.25) is 10.1 Å². The van der Waals surface area contributed by atoms with Crippen molar-refractivity contribution in [3.63, 3.8) is 0 Å². The lowest BCUT2D eigenvalue weighted by Crippen LogP contribution is -2.28.